The van der Waals surface area contributed by atoms with E-state index in [-0.39, 0.29) is 5.41 Å². The van der Waals surface area contributed by atoms with Crippen molar-refractivity contribution in [2.24, 2.45) is 0 Å². The van der Waals surface area contributed by atoms with Crippen LogP contribution < -0.4 is 5.32 Å². The average Bonchev–Trinajstić information content (AvgIpc) is 3.06. The van der Waals surface area contributed by atoms with E-state index in [2.05, 4.69) is 34.3 Å². The second kappa shape index (κ2) is 4.39. The number of rotatable bonds is 2. The molecule has 0 fully saturated rings. The monoisotopic (exact) mass is 297 g/mol. The summed E-state index contributed by atoms with van der Waals surface area (Å²) in [6, 6.07) is 5.80. The Kier molecular flexibility index (Phi) is 2.62. The lowest BCUT2D eigenvalue weighted by atomic mass is 9.79. The molecule has 0 saturated heterocycles. The lowest BCUT2D eigenvalue weighted by molar-refractivity contribution is 0.519. The standard InChI is InChI=1S/C15H15N5S/c1-15(2)7-10-9(8-17-20-10)12-13(15)21-14(19-12)18-11-5-3-4-6-16-11/h3-6,8H,7H2,1-2H3,(H,17,20)(H,16,18,19). The van der Waals surface area contributed by atoms with Crippen molar-refractivity contribution in [2.75, 3.05) is 5.32 Å². The minimum atomic E-state index is 0.0661. The molecule has 1 aliphatic rings. The van der Waals surface area contributed by atoms with Gasteiger partial charge in [-0.1, -0.05) is 19.9 Å². The number of aromatic amines is 1. The summed E-state index contributed by atoms with van der Waals surface area (Å²) in [5.41, 5.74) is 3.39. The molecule has 21 heavy (non-hydrogen) atoms. The molecule has 0 radical (unpaired) electrons. The highest BCUT2D eigenvalue weighted by atomic mass is 32.1. The molecule has 3 aromatic rings. The summed E-state index contributed by atoms with van der Waals surface area (Å²) < 4.78 is 0. The second-order valence-corrected chi connectivity index (χ2v) is 6.86. The summed E-state index contributed by atoms with van der Waals surface area (Å²) in [6.07, 6.45) is 4.60. The molecule has 5 nitrogen and oxygen atoms in total. The number of fused-ring (bicyclic) bond motifs is 3. The normalized spacial score (nSPS) is 15.3. The largest absolute Gasteiger partial charge is 0.316 e. The summed E-state index contributed by atoms with van der Waals surface area (Å²) in [4.78, 5) is 10.4. The van der Waals surface area contributed by atoms with Crippen molar-refractivity contribution in [1.29, 1.82) is 0 Å². The van der Waals surface area contributed by atoms with Crippen LogP contribution in [0.2, 0.25) is 0 Å². The average molecular weight is 297 g/mol. The van der Waals surface area contributed by atoms with Crippen LogP contribution in [-0.4, -0.2) is 20.2 Å². The predicted molar refractivity (Wildman–Crippen MR) is 83.9 cm³/mol. The van der Waals surface area contributed by atoms with Gasteiger partial charge in [0.1, 0.15) is 5.82 Å². The Bertz CT molecular complexity index is 788. The SMILES string of the molecule is CC1(C)Cc2[nH]ncc2-c2nc(Nc3ccccn3)sc21. The molecule has 4 rings (SSSR count). The quantitative estimate of drug-likeness (QED) is 0.759. The molecule has 0 aliphatic heterocycles. The van der Waals surface area contributed by atoms with Crippen molar-refractivity contribution in [3.05, 3.63) is 41.2 Å². The highest BCUT2D eigenvalue weighted by molar-refractivity contribution is 7.16. The third kappa shape index (κ3) is 2.03. The fourth-order valence-corrected chi connectivity index (χ4v) is 3.82. The highest BCUT2D eigenvalue weighted by Crippen LogP contribution is 2.46. The maximum Gasteiger partial charge on any atom is 0.189 e. The van der Waals surface area contributed by atoms with Crippen LogP contribution >= 0.6 is 11.3 Å². The van der Waals surface area contributed by atoms with E-state index in [1.54, 1.807) is 17.5 Å². The fourth-order valence-electron chi connectivity index (χ4n) is 2.74. The first-order chi connectivity index (χ1) is 10.1. The number of H-pyrrole nitrogens is 1. The van der Waals surface area contributed by atoms with E-state index < -0.39 is 0 Å². The van der Waals surface area contributed by atoms with Gasteiger partial charge in [-0.15, -0.1) is 11.3 Å². The molecular formula is C15H15N5S. The number of hydrogen-bond acceptors (Lipinski definition) is 5. The Morgan fingerprint density at radius 2 is 2.24 bits per heavy atom. The van der Waals surface area contributed by atoms with E-state index >= 15 is 0 Å². The zero-order chi connectivity index (χ0) is 14.4. The first-order valence-corrected chi connectivity index (χ1v) is 7.67. The number of nitrogens with zero attached hydrogens (tertiary/aromatic N) is 3. The summed E-state index contributed by atoms with van der Waals surface area (Å²) >= 11 is 1.70. The highest BCUT2D eigenvalue weighted by Gasteiger charge is 2.35. The van der Waals surface area contributed by atoms with E-state index in [0.717, 1.165) is 28.6 Å². The van der Waals surface area contributed by atoms with Gasteiger partial charge in [-0.05, 0) is 18.6 Å². The van der Waals surface area contributed by atoms with Crippen LogP contribution in [0, 0.1) is 0 Å². The van der Waals surface area contributed by atoms with Crippen molar-refractivity contribution in [1.82, 2.24) is 20.2 Å². The van der Waals surface area contributed by atoms with Crippen molar-refractivity contribution in [3.8, 4) is 11.3 Å². The van der Waals surface area contributed by atoms with Gasteiger partial charge in [0.05, 0.1) is 11.9 Å². The molecule has 3 heterocycles. The van der Waals surface area contributed by atoms with Crippen LogP contribution in [0.4, 0.5) is 10.9 Å². The molecule has 0 unspecified atom stereocenters. The van der Waals surface area contributed by atoms with Crippen LogP contribution in [0.3, 0.4) is 0 Å². The van der Waals surface area contributed by atoms with E-state index in [0.29, 0.717) is 0 Å². The smallest absolute Gasteiger partial charge is 0.189 e. The topological polar surface area (TPSA) is 66.5 Å². The van der Waals surface area contributed by atoms with E-state index in [1.807, 2.05) is 24.4 Å². The number of aromatic nitrogens is 4. The molecule has 0 aromatic carbocycles. The zero-order valence-electron chi connectivity index (χ0n) is 11.8. The predicted octanol–water partition coefficient (Wildman–Crippen LogP) is 3.51. The van der Waals surface area contributed by atoms with Crippen molar-refractivity contribution < 1.29 is 0 Å². The van der Waals surface area contributed by atoms with E-state index in [1.165, 1.54) is 10.6 Å². The molecular weight excluding hydrogens is 282 g/mol. The Morgan fingerprint density at radius 1 is 1.33 bits per heavy atom. The minimum Gasteiger partial charge on any atom is -0.316 e. The second-order valence-electron chi connectivity index (χ2n) is 5.86. The van der Waals surface area contributed by atoms with Crippen LogP contribution in [0.15, 0.2) is 30.6 Å². The maximum absolute atomic E-state index is 4.76. The number of nitrogens with one attached hydrogen (secondary N) is 2. The third-order valence-electron chi connectivity index (χ3n) is 3.73. The van der Waals surface area contributed by atoms with Crippen LogP contribution in [0.1, 0.15) is 24.4 Å². The first-order valence-electron chi connectivity index (χ1n) is 6.85. The van der Waals surface area contributed by atoms with Crippen molar-refractivity contribution in [3.63, 3.8) is 0 Å². The van der Waals surface area contributed by atoms with Crippen molar-refractivity contribution in [2.45, 2.75) is 25.7 Å². The Balaban J connectivity index is 1.78. The maximum atomic E-state index is 4.76. The molecule has 2 N–H and O–H groups in total. The van der Waals surface area contributed by atoms with Gasteiger partial charge in [0.25, 0.3) is 0 Å². The molecule has 3 aromatic heterocycles. The number of thiazole rings is 1. The molecule has 0 bridgehead atoms. The van der Waals surface area contributed by atoms with Gasteiger partial charge >= 0.3 is 0 Å². The Labute approximate surface area is 126 Å². The van der Waals surface area contributed by atoms with Crippen LogP contribution in [0.25, 0.3) is 11.3 Å². The van der Waals surface area contributed by atoms with Gasteiger partial charge in [-0.25, -0.2) is 9.97 Å². The van der Waals surface area contributed by atoms with Gasteiger partial charge in [0.15, 0.2) is 5.13 Å². The van der Waals surface area contributed by atoms with E-state index in [4.69, 9.17) is 4.98 Å². The Hall–Kier alpha value is -2.21. The Morgan fingerprint density at radius 3 is 3.05 bits per heavy atom. The molecule has 0 spiro atoms. The van der Waals surface area contributed by atoms with Gasteiger partial charge in [-0.3, -0.25) is 5.10 Å². The van der Waals surface area contributed by atoms with Crippen LogP contribution in [-0.2, 0) is 11.8 Å². The number of anilines is 2. The van der Waals surface area contributed by atoms with Crippen molar-refractivity contribution >= 4 is 22.3 Å². The fraction of sp³-hybridized carbons (Fsp3) is 0.267. The molecule has 1 aliphatic carbocycles. The zero-order valence-corrected chi connectivity index (χ0v) is 12.7. The van der Waals surface area contributed by atoms with Gasteiger partial charge in [-0.2, -0.15) is 5.10 Å². The van der Waals surface area contributed by atoms with Gasteiger partial charge in [0.2, 0.25) is 0 Å². The van der Waals surface area contributed by atoms with Crippen LogP contribution in [0.5, 0.6) is 0 Å². The molecule has 0 amide bonds. The molecule has 0 saturated carbocycles. The van der Waals surface area contributed by atoms with Gasteiger partial charge < -0.3 is 5.32 Å². The van der Waals surface area contributed by atoms with Gasteiger partial charge in [0, 0.05) is 27.7 Å². The first kappa shape index (κ1) is 12.5. The lowest BCUT2D eigenvalue weighted by Gasteiger charge is -2.27. The summed E-state index contributed by atoms with van der Waals surface area (Å²) in [6.45, 7) is 4.50. The third-order valence-corrected chi connectivity index (χ3v) is 5.07. The number of hydrogen-bond donors (Lipinski definition) is 2. The van der Waals surface area contributed by atoms with E-state index in [9.17, 15) is 0 Å². The summed E-state index contributed by atoms with van der Waals surface area (Å²) in [7, 11) is 0. The minimum absolute atomic E-state index is 0.0661. The lowest BCUT2D eigenvalue weighted by Crippen LogP contribution is -2.23. The molecule has 6 heteroatoms. The molecule has 0 atom stereocenters. The molecule has 106 valence electrons. The number of pyridine rings is 1. The summed E-state index contributed by atoms with van der Waals surface area (Å²) in [5.74, 6) is 0.814. The summed E-state index contributed by atoms with van der Waals surface area (Å²) in [5, 5.41) is 11.4.